The third-order valence-electron chi connectivity index (χ3n) is 2.13. The molecule has 15 heavy (non-hydrogen) atoms. The van der Waals surface area contributed by atoms with E-state index >= 15 is 0 Å². The fourth-order valence-electron chi connectivity index (χ4n) is 1.41. The molecule has 0 amide bonds. The second-order valence-corrected chi connectivity index (χ2v) is 3.16. The van der Waals surface area contributed by atoms with Crippen molar-refractivity contribution in [2.45, 2.75) is 0 Å². The Bertz CT molecular complexity index is 488. The molecule has 1 aliphatic heterocycles. The SMILES string of the molecule is N=C1N=C(N)c2ccccccccc21. The van der Waals surface area contributed by atoms with Gasteiger partial charge in [0.2, 0.25) is 0 Å². The molecule has 3 N–H and O–H groups in total. The average molecular weight is 197 g/mol. The number of amidine groups is 2. The first-order chi connectivity index (χ1) is 7.29. The van der Waals surface area contributed by atoms with Crippen molar-refractivity contribution in [2.24, 2.45) is 10.7 Å². The van der Waals surface area contributed by atoms with Gasteiger partial charge in [-0.2, -0.15) is 0 Å². The van der Waals surface area contributed by atoms with Gasteiger partial charge in [0.05, 0.1) is 0 Å². The summed E-state index contributed by atoms with van der Waals surface area (Å²) in [6.07, 6.45) is 0. The summed E-state index contributed by atoms with van der Waals surface area (Å²) in [6.45, 7) is 0. The van der Waals surface area contributed by atoms with E-state index in [0.29, 0.717) is 5.84 Å². The molecule has 1 aromatic carbocycles. The molecule has 0 saturated heterocycles. The van der Waals surface area contributed by atoms with Crippen LogP contribution in [0.4, 0.5) is 0 Å². The molecule has 0 aromatic heterocycles. The van der Waals surface area contributed by atoms with Gasteiger partial charge in [0.1, 0.15) is 5.84 Å². The number of nitrogens with one attached hydrogen (secondary N) is 1. The molecule has 0 fully saturated rings. The zero-order valence-corrected chi connectivity index (χ0v) is 8.14. The number of nitrogens with zero attached hydrogens (tertiary/aromatic N) is 1. The molecule has 0 bridgehead atoms. The molecule has 0 spiro atoms. The highest BCUT2D eigenvalue weighted by Crippen LogP contribution is 2.13. The molecular weight excluding hydrogens is 186 g/mol. The van der Waals surface area contributed by atoms with E-state index in [4.69, 9.17) is 11.1 Å². The Balaban J connectivity index is 2.69. The van der Waals surface area contributed by atoms with Crippen LogP contribution < -0.4 is 5.73 Å². The molecule has 3 heteroatoms. The summed E-state index contributed by atoms with van der Waals surface area (Å²) in [7, 11) is 0. The van der Waals surface area contributed by atoms with E-state index in [2.05, 4.69) is 4.99 Å². The van der Waals surface area contributed by atoms with Crippen molar-refractivity contribution in [2.75, 3.05) is 0 Å². The fourth-order valence-corrected chi connectivity index (χ4v) is 1.41. The average Bonchev–Trinajstić information content (AvgIpc) is 2.49. The largest absolute Gasteiger partial charge is 0.383 e. The van der Waals surface area contributed by atoms with Crippen LogP contribution in [0.25, 0.3) is 0 Å². The van der Waals surface area contributed by atoms with Crippen molar-refractivity contribution in [3.63, 3.8) is 0 Å². The minimum Gasteiger partial charge on any atom is -0.383 e. The highest BCUT2D eigenvalue weighted by atomic mass is 14.9. The Hall–Kier alpha value is -2.16. The number of hydrogen-bond acceptors (Lipinski definition) is 2. The van der Waals surface area contributed by atoms with E-state index < -0.39 is 0 Å². The lowest BCUT2D eigenvalue weighted by molar-refractivity contribution is 1.45. The van der Waals surface area contributed by atoms with E-state index in [1.165, 1.54) is 0 Å². The first-order valence-electron chi connectivity index (χ1n) is 4.65. The van der Waals surface area contributed by atoms with Crippen molar-refractivity contribution in [1.82, 2.24) is 0 Å². The van der Waals surface area contributed by atoms with E-state index in [-0.39, 0.29) is 5.84 Å². The molecule has 0 unspecified atom stereocenters. The van der Waals surface area contributed by atoms with Crippen molar-refractivity contribution in [3.8, 4) is 0 Å². The standard InChI is InChI=1S/C12H11N3/c13-11-9-7-5-3-1-2-4-6-8-10(9)12(14)15-11/h1-8H,(H3,13,14,15). The molecule has 0 saturated carbocycles. The van der Waals surface area contributed by atoms with Crippen molar-refractivity contribution >= 4 is 11.7 Å². The van der Waals surface area contributed by atoms with Crippen molar-refractivity contribution < 1.29 is 0 Å². The first kappa shape index (κ1) is 9.40. The summed E-state index contributed by atoms with van der Waals surface area (Å²) in [5.74, 6) is 0.634. The monoisotopic (exact) mass is 197 g/mol. The minimum absolute atomic E-state index is 0.223. The minimum atomic E-state index is 0.223. The molecule has 0 aliphatic carbocycles. The zero-order valence-electron chi connectivity index (χ0n) is 8.14. The molecule has 1 aliphatic rings. The molecule has 1 aromatic rings. The molecule has 3 nitrogen and oxygen atoms in total. The van der Waals surface area contributed by atoms with Crippen LogP contribution in [-0.2, 0) is 0 Å². The van der Waals surface area contributed by atoms with Crippen LogP contribution in [-0.4, -0.2) is 11.7 Å². The predicted molar refractivity (Wildman–Crippen MR) is 61.6 cm³/mol. The summed E-state index contributed by atoms with van der Waals surface area (Å²) in [6, 6.07) is 15.2. The van der Waals surface area contributed by atoms with Crippen LogP contribution in [0.2, 0.25) is 0 Å². The van der Waals surface area contributed by atoms with Gasteiger partial charge in [0.25, 0.3) is 0 Å². The van der Waals surface area contributed by atoms with Gasteiger partial charge >= 0.3 is 0 Å². The third kappa shape index (κ3) is 1.86. The van der Waals surface area contributed by atoms with Crippen LogP contribution in [0.3, 0.4) is 0 Å². The number of rotatable bonds is 0. The van der Waals surface area contributed by atoms with Gasteiger partial charge in [0.15, 0.2) is 5.84 Å². The maximum absolute atomic E-state index is 7.65. The van der Waals surface area contributed by atoms with Gasteiger partial charge in [-0.05, 0) is 0 Å². The number of hydrogen-bond donors (Lipinski definition) is 2. The third-order valence-corrected chi connectivity index (χ3v) is 2.13. The lowest BCUT2D eigenvalue weighted by Crippen LogP contribution is -2.09. The Labute approximate surface area is 88.1 Å². The fraction of sp³-hybridized carbons (Fsp3) is 0. The van der Waals surface area contributed by atoms with E-state index in [0.717, 1.165) is 11.1 Å². The lowest BCUT2D eigenvalue weighted by atomic mass is 10.1. The van der Waals surface area contributed by atoms with E-state index in [9.17, 15) is 0 Å². The van der Waals surface area contributed by atoms with Crippen LogP contribution in [0, 0.1) is 5.41 Å². The maximum Gasteiger partial charge on any atom is 0.154 e. The molecule has 0 radical (unpaired) electrons. The van der Waals surface area contributed by atoms with Gasteiger partial charge in [0, 0.05) is 11.1 Å². The summed E-state index contributed by atoms with van der Waals surface area (Å²) in [5.41, 5.74) is 7.30. The highest BCUT2D eigenvalue weighted by molar-refractivity contribution is 6.20. The van der Waals surface area contributed by atoms with Crippen LogP contribution in [0.5, 0.6) is 0 Å². The van der Waals surface area contributed by atoms with Crippen LogP contribution in [0.1, 0.15) is 11.1 Å². The topological polar surface area (TPSA) is 62.2 Å². The maximum atomic E-state index is 7.65. The summed E-state index contributed by atoms with van der Waals surface area (Å²) < 4.78 is 0. The lowest BCUT2D eigenvalue weighted by Gasteiger charge is -1.92. The van der Waals surface area contributed by atoms with Crippen LogP contribution >= 0.6 is 0 Å². The van der Waals surface area contributed by atoms with Gasteiger partial charge in [-0.1, -0.05) is 48.5 Å². The predicted octanol–water partition coefficient (Wildman–Crippen LogP) is 1.86. The van der Waals surface area contributed by atoms with Gasteiger partial charge < -0.3 is 5.73 Å². The normalized spacial score (nSPS) is 12.8. The molecule has 1 heterocycles. The molecule has 0 atom stereocenters. The highest BCUT2D eigenvalue weighted by Gasteiger charge is 2.15. The number of aliphatic imine (C=N–C) groups is 1. The van der Waals surface area contributed by atoms with Gasteiger partial charge in [-0.3, -0.25) is 5.41 Å². The molecule has 74 valence electrons. The molecule has 2 rings (SSSR count). The van der Waals surface area contributed by atoms with Gasteiger partial charge in [-0.15, -0.1) is 0 Å². The van der Waals surface area contributed by atoms with E-state index in [1.807, 2.05) is 48.5 Å². The van der Waals surface area contributed by atoms with Crippen LogP contribution in [0.15, 0.2) is 53.5 Å². The van der Waals surface area contributed by atoms with Crippen molar-refractivity contribution in [3.05, 3.63) is 59.7 Å². The van der Waals surface area contributed by atoms with Gasteiger partial charge in [-0.25, -0.2) is 4.99 Å². The zero-order chi connectivity index (χ0) is 10.7. The number of fused-ring (bicyclic) bond motifs is 1. The Kier molecular flexibility index (Phi) is 2.46. The second-order valence-electron chi connectivity index (χ2n) is 3.16. The molecular formula is C12H11N3. The van der Waals surface area contributed by atoms with Crippen molar-refractivity contribution in [1.29, 1.82) is 5.41 Å². The Morgan fingerprint density at radius 2 is 1.40 bits per heavy atom. The summed E-state index contributed by atoms with van der Waals surface area (Å²) >= 11 is 0. The Morgan fingerprint density at radius 1 is 0.867 bits per heavy atom. The number of nitrogens with two attached hydrogens (primary N) is 1. The summed E-state index contributed by atoms with van der Waals surface area (Å²) in [4.78, 5) is 3.93. The summed E-state index contributed by atoms with van der Waals surface area (Å²) in [5, 5.41) is 7.65. The second kappa shape index (κ2) is 3.92. The smallest absolute Gasteiger partial charge is 0.154 e. The first-order valence-corrected chi connectivity index (χ1v) is 4.65. The van der Waals surface area contributed by atoms with E-state index in [1.54, 1.807) is 0 Å². The quantitative estimate of drug-likeness (QED) is 0.655. The Morgan fingerprint density at radius 3 is 2.07 bits per heavy atom.